The summed E-state index contributed by atoms with van der Waals surface area (Å²) in [5, 5.41) is 0. The molecule has 0 unspecified atom stereocenters. The third kappa shape index (κ3) is 9.84. The summed E-state index contributed by atoms with van der Waals surface area (Å²) < 4.78 is 4.71. The van der Waals surface area contributed by atoms with Gasteiger partial charge in [0.1, 0.15) is 0 Å². The molecule has 0 aromatic carbocycles. The molecule has 1 aliphatic heterocycles. The minimum absolute atomic E-state index is 0.343. The Labute approximate surface area is 82.8 Å². The lowest BCUT2D eigenvalue weighted by molar-refractivity contribution is 0.0121. The van der Waals surface area contributed by atoms with Gasteiger partial charge < -0.3 is 10.5 Å². The van der Waals surface area contributed by atoms with Crippen LogP contribution in [0.25, 0.3) is 0 Å². The highest BCUT2D eigenvalue weighted by molar-refractivity contribution is 4.65. The average Bonchev–Trinajstić information content (AvgIpc) is 1.78. The predicted octanol–water partition coefficient (Wildman–Crippen LogP) is 2.42. The smallest absolute Gasteiger partial charge is 0.0640 e. The summed E-state index contributed by atoms with van der Waals surface area (Å²) in [6.45, 7) is 12.9. The van der Waals surface area contributed by atoms with Crippen LogP contribution in [0.2, 0.25) is 0 Å². The van der Waals surface area contributed by atoms with Crippen molar-refractivity contribution in [3.05, 3.63) is 0 Å². The highest BCUT2D eigenvalue weighted by Gasteiger charge is 2.11. The summed E-state index contributed by atoms with van der Waals surface area (Å²) in [6.07, 6.45) is 1.33. The molecule has 13 heavy (non-hydrogen) atoms. The minimum Gasteiger partial charge on any atom is -0.378 e. The zero-order valence-electron chi connectivity index (χ0n) is 9.76. The van der Waals surface area contributed by atoms with Crippen LogP contribution in [0.15, 0.2) is 0 Å². The molecule has 0 bridgehead atoms. The largest absolute Gasteiger partial charge is 0.378 e. The number of hydrogen-bond donors (Lipinski definition) is 1. The summed E-state index contributed by atoms with van der Waals surface area (Å²) in [5.74, 6) is 0.843. The van der Waals surface area contributed by atoms with Gasteiger partial charge in [0.15, 0.2) is 0 Å². The summed E-state index contributed by atoms with van der Waals surface area (Å²) in [4.78, 5) is 0. The molecule has 2 N–H and O–H groups in total. The number of rotatable bonds is 1. The topological polar surface area (TPSA) is 35.2 Å². The molecule has 1 fully saturated rings. The van der Waals surface area contributed by atoms with Crippen molar-refractivity contribution in [1.29, 1.82) is 0 Å². The second kappa shape index (κ2) is 5.61. The molecule has 80 valence electrons. The fourth-order valence-electron chi connectivity index (χ4n) is 1.48. The van der Waals surface area contributed by atoms with Gasteiger partial charge in [0.05, 0.1) is 19.3 Å². The maximum Gasteiger partial charge on any atom is 0.0640 e. The molecule has 2 nitrogen and oxygen atoms in total. The molecule has 0 saturated carbocycles. The molecule has 0 aromatic rings. The van der Waals surface area contributed by atoms with E-state index in [0.29, 0.717) is 11.5 Å². The van der Waals surface area contributed by atoms with Crippen molar-refractivity contribution < 1.29 is 4.74 Å². The Bertz CT molecular complexity index is 123. The van der Waals surface area contributed by atoms with E-state index in [4.69, 9.17) is 10.5 Å². The molecule has 0 spiro atoms. The minimum atomic E-state index is 0.343. The van der Waals surface area contributed by atoms with Gasteiger partial charge >= 0.3 is 0 Å². The van der Waals surface area contributed by atoms with Crippen molar-refractivity contribution in [3.8, 4) is 0 Å². The monoisotopic (exact) mass is 187 g/mol. The van der Waals surface area contributed by atoms with Crippen molar-refractivity contribution in [2.45, 2.75) is 47.1 Å². The van der Waals surface area contributed by atoms with Crippen molar-refractivity contribution in [2.24, 2.45) is 17.1 Å². The zero-order chi connectivity index (χ0) is 10.5. The van der Waals surface area contributed by atoms with Gasteiger partial charge in [0, 0.05) is 0 Å². The van der Waals surface area contributed by atoms with Gasteiger partial charge in [-0.15, -0.1) is 0 Å². The van der Waals surface area contributed by atoms with E-state index in [1.165, 1.54) is 6.42 Å². The fraction of sp³-hybridized carbons (Fsp3) is 1.00. The summed E-state index contributed by atoms with van der Waals surface area (Å²) in [6, 6.07) is 0.343. The second-order valence-corrected chi connectivity index (χ2v) is 5.46. The molecular weight excluding hydrogens is 162 g/mol. The molecule has 0 aromatic heterocycles. The Balaban J connectivity index is 0.000000243. The lowest BCUT2D eigenvalue weighted by atomic mass is 9.86. The third-order valence-corrected chi connectivity index (χ3v) is 1.68. The van der Waals surface area contributed by atoms with Crippen molar-refractivity contribution in [3.63, 3.8) is 0 Å². The first-order valence-corrected chi connectivity index (χ1v) is 5.14. The third-order valence-electron chi connectivity index (χ3n) is 1.68. The van der Waals surface area contributed by atoms with E-state index in [9.17, 15) is 0 Å². The first-order valence-electron chi connectivity index (χ1n) is 5.14. The quantitative estimate of drug-likeness (QED) is 0.684. The Morgan fingerprint density at radius 3 is 1.69 bits per heavy atom. The predicted molar refractivity (Wildman–Crippen MR) is 57.7 cm³/mol. The van der Waals surface area contributed by atoms with Gasteiger partial charge in [0.25, 0.3) is 0 Å². The van der Waals surface area contributed by atoms with Crippen LogP contribution in [-0.4, -0.2) is 19.3 Å². The summed E-state index contributed by atoms with van der Waals surface area (Å²) >= 11 is 0. The van der Waals surface area contributed by atoms with Crippen LogP contribution < -0.4 is 5.73 Å². The Kier molecular flexibility index (Phi) is 5.57. The molecule has 1 aliphatic rings. The van der Waals surface area contributed by atoms with Crippen LogP contribution in [0.4, 0.5) is 0 Å². The maximum absolute atomic E-state index is 5.25. The summed E-state index contributed by atoms with van der Waals surface area (Å²) in [5.41, 5.74) is 5.78. The van der Waals surface area contributed by atoms with Crippen molar-refractivity contribution in [2.75, 3.05) is 13.2 Å². The van der Waals surface area contributed by atoms with E-state index in [-0.39, 0.29) is 0 Å². The SMILES string of the molecule is CC(C)CC(C)(C)C.NC1COC1. The molecular formula is C11H25NO. The number of hydrogen-bond acceptors (Lipinski definition) is 2. The highest BCUT2D eigenvalue weighted by Crippen LogP contribution is 2.23. The van der Waals surface area contributed by atoms with E-state index < -0.39 is 0 Å². The Morgan fingerprint density at radius 2 is 1.69 bits per heavy atom. The Hall–Kier alpha value is -0.0800. The van der Waals surface area contributed by atoms with Crippen molar-refractivity contribution in [1.82, 2.24) is 0 Å². The van der Waals surface area contributed by atoms with Gasteiger partial charge in [-0.25, -0.2) is 0 Å². The molecule has 1 saturated heterocycles. The van der Waals surface area contributed by atoms with Crippen LogP contribution in [0.3, 0.4) is 0 Å². The van der Waals surface area contributed by atoms with E-state index >= 15 is 0 Å². The summed E-state index contributed by atoms with van der Waals surface area (Å²) in [7, 11) is 0. The van der Waals surface area contributed by atoms with Gasteiger partial charge in [0.2, 0.25) is 0 Å². The fourth-order valence-corrected chi connectivity index (χ4v) is 1.48. The van der Waals surface area contributed by atoms with Crippen LogP contribution in [0, 0.1) is 11.3 Å². The van der Waals surface area contributed by atoms with Crippen molar-refractivity contribution >= 4 is 0 Å². The molecule has 0 amide bonds. The molecule has 2 heteroatoms. The van der Waals surface area contributed by atoms with Crippen LogP contribution in [0.1, 0.15) is 41.0 Å². The van der Waals surface area contributed by atoms with E-state index in [0.717, 1.165) is 19.1 Å². The van der Waals surface area contributed by atoms with E-state index in [2.05, 4.69) is 34.6 Å². The van der Waals surface area contributed by atoms with Crippen LogP contribution in [-0.2, 0) is 4.74 Å². The van der Waals surface area contributed by atoms with Gasteiger partial charge in [-0.2, -0.15) is 0 Å². The van der Waals surface area contributed by atoms with E-state index in [1.807, 2.05) is 0 Å². The highest BCUT2D eigenvalue weighted by atomic mass is 16.5. The average molecular weight is 187 g/mol. The second-order valence-electron chi connectivity index (χ2n) is 5.46. The molecule has 0 atom stereocenters. The van der Waals surface area contributed by atoms with E-state index in [1.54, 1.807) is 0 Å². The standard InChI is InChI=1S/C8H18.C3H7NO/c1-7(2)6-8(3,4)5;4-3-1-5-2-3/h7H,6H2,1-5H3;3H,1-2,4H2. The first-order chi connectivity index (χ1) is 5.81. The maximum atomic E-state index is 5.25. The van der Waals surface area contributed by atoms with Gasteiger partial charge in [-0.1, -0.05) is 34.6 Å². The lowest BCUT2D eigenvalue weighted by Crippen LogP contribution is -2.41. The molecule has 0 aliphatic carbocycles. The van der Waals surface area contributed by atoms with Crippen LogP contribution in [0.5, 0.6) is 0 Å². The zero-order valence-corrected chi connectivity index (χ0v) is 9.76. The lowest BCUT2D eigenvalue weighted by Gasteiger charge is -2.20. The number of ether oxygens (including phenoxy) is 1. The van der Waals surface area contributed by atoms with Crippen LogP contribution >= 0.6 is 0 Å². The van der Waals surface area contributed by atoms with Gasteiger partial charge in [-0.05, 0) is 17.8 Å². The molecule has 0 radical (unpaired) electrons. The molecule has 1 rings (SSSR count). The Morgan fingerprint density at radius 1 is 1.31 bits per heavy atom. The van der Waals surface area contributed by atoms with Gasteiger partial charge in [-0.3, -0.25) is 0 Å². The normalized spacial score (nSPS) is 17.8. The first kappa shape index (κ1) is 12.9. The molecule has 1 heterocycles. The number of nitrogens with two attached hydrogens (primary N) is 1.